The average Bonchev–Trinajstić information content (AvgIpc) is 2.44. The van der Waals surface area contributed by atoms with E-state index < -0.39 is 18.2 Å². The summed E-state index contributed by atoms with van der Waals surface area (Å²) in [5, 5.41) is 19.8. The molecule has 0 amide bonds. The van der Waals surface area contributed by atoms with Crippen LogP contribution in [0.1, 0.15) is 17.5 Å². The van der Waals surface area contributed by atoms with Gasteiger partial charge in [0.25, 0.3) is 5.56 Å². The van der Waals surface area contributed by atoms with Gasteiger partial charge in [-0.1, -0.05) is 6.07 Å². The van der Waals surface area contributed by atoms with Crippen LogP contribution in [0.15, 0.2) is 23.0 Å². The molecule has 7 heteroatoms. The zero-order valence-electron chi connectivity index (χ0n) is 11.0. The maximum absolute atomic E-state index is 11.8. The zero-order valence-corrected chi connectivity index (χ0v) is 11.0. The predicted octanol–water partition coefficient (Wildman–Crippen LogP) is -0.201. The van der Waals surface area contributed by atoms with E-state index in [1.807, 2.05) is 0 Å². The fourth-order valence-electron chi connectivity index (χ4n) is 1.89. The van der Waals surface area contributed by atoms with Crippen molar-refractivity contribution in [2.45, 2.75) is 19.1 Å². The number of benzene rings is 1. The number of nitrogens with zero attached hydrogens (tertiary/aromatic N) is 1. The number of hydrogen-bond acceptors (Lipinski definition) is 6. The number of fused-ring (bicyclic) bond motifs is 1. The Kier molecular flexibility index (Phi) is 3.82. The van der Waals surface area contributed by atoms with Crippen LogP contribution in [0.5, 0.6) is 0 Å². The molecule has 3 N–H and O–H groups in total. The molecule has 0 aliphatic heterocycles. The summed E-state index contributed by atoms with van der Waals surface area (Å²) < 4.78 is 4.35. The molecule has 7 nitrogen and oxygen atoms in total. The van der Waals surface area contributed by atoms with E-state index in [0.29, 0.717) is 11.3 Å². The Balaban J connectivity index is 2.46. The molecule has 1 aromatic heterocycles. The van der Waals surface area contributed by atoms with Gasteiger partial charge < -0.3 is 19.9 Å². The van der Waals surface area contributed by atoms with E-state index >= 15 is 0 Å². The van der Waals surface area contributed by atoms with E-state index in [0.717, 1.165) is 7.11 Å². The molecule has 2 rings (SSSR count). The number of aliphatic hydroxyl groups is 2. The van der Waals surface area contributed by atoms with Crippen molar-refractivity contribution in [3.63, 3.8) is 0 Å². The van der Waals surface area contributed by atoms with Crippen LogP contribution in [-0.4, -0.2) is 39.4 Å². The summed E-state index contributed by atoms with van der Waals surface area (Å²) in [6, 6.07) is 4.42. The highest BCUT2D eigenvalue weighted by Crippen LogP contribution is 2.20. The largest absolute Gasteiger partial charge is 0.467 e. The number of carbonyl (C=O) groups is 1. The molecule has 20 heavy (non-hydrogen) atoms. The van der Waals surface area contributed by atoms with Crippen molar-refractivity contribution in [3.05, 3.63) is 39.9 Å². The van der Waals surface area contributed by atoms with Gasteiger partial charge in [0.2, 0.25) is 0 Å². The van der Waals surface area contributed by atoms with Crippen LogP contribution in [0.25, 0.3) is 10.9 Å². The number of aromatic amines is 1. The van der Waals surface area contributed by atoms with Crippen molar-refractivity contribution < 1.29 is 19.7 Å². The maximum atomic E-state index is 11.8. The Morgan fingerprint density at radius 3 is 2.75 bits per heavy atom. The highest BCUT2D eigenvalue weighted by molar-refractivity contribution is 5.79. The lowest BCUT2D eigenvalue weighted by Gasteiger charge is -2.16. The number of methoxy groups -OCH3 is 1. The lowest BCUT2D eigenvalue weighted by Crippen LogP contribution is -2.29. The average molecular weight is 278 g/mol. The van der Waals surface area contributed by atoms with Gasteiger partial charge in [-0.2, -0.15) is 0 Å². The molecule has 0 aliphatic rings. The van der Waals surface area contributed by atoms with Crippen molar-refractivity contribution >= 4 is 16.9 Å². The van der Waals surface area contributed by atoms with E-state index in [-0.39, 0.29) is 16.5 Å². The number of rotatable bonds is 3. The summed E-state index contributed by atoms with van der Waals surface area (Å²) in [6.07, 6.45) is -3.19. The first kappa shape index (κ1) is 14.2. The van der Waals surface area contributed by atoms with Crippen LogP contribution in [-0.2, 0) is 9.53 Å². The van der Waals surface area contributed by atoms with Crippen molar-refractivity contribution in [1.29, 1.82) is 0 Å². The molecule has 0 aliphatic carbocycles. The molecule has 2 unspecified atom stereocenters. The smallest absolute Gasteiger partial charge is 0.337 e. The number of hydrogen-bond donors (Lipinski definition) is 3. The van der Waals surface area contributed by atoms with Crippen molar-refractivity contribution in [1.82, 2.24) is 9.97 Å². The quantitative estimate of drug-likeness (QED) is 0.670. The number of nitrogens with one attached hydrogen (secondary N) is 1. The lowest BCUT2D eigenvalue weighted by atomic mass is 10.0. The van der Waals surface area contributed by atoms with Crippen molar-refractivity contribution in [2.75, 3.05) is 7.11 Å². The van der Waals surface area contributed by atoms with Gasteiger partial charge in [-0.25, -0.2) is 9.78 Å². The van der Waals surface area contributed by atoms with E-state index in [4.69, 9.17) is 0 Å². The van der Waals surface area contributed by atoms with Gasteiger partial charge in [0, 0.05) is 0 Å². The van der Waals surface area contributed by atoms with Gasteiger partial charge in [-0.3, -0.25) is 4.79 Å². The Hall–Kier alpha value is -2.25. The van der Waals surface area contributed by atoms with E-state index in [1.165, 1.54) is 12.1 Å². The minimum atomic E-state index is -1.71. The minimum Gasteiger partial charge on any atom is -0.467 e. The highest BCUT2D eigenvalue weighted by Gasteiger charge is 2.26. The number of aryl methyl sites for hydroxylation is 1. The monoisotopic (exact) mass is 278 g/mol. The highest BCUT2D eigenvalue weighted by atomic mass is 16.5. The first-order valence-corrected chi connectivity index (χ1v) is 5.88. The van der Waals surface area contributed by atoms with E-state index in [1.54, 1.807) is 13.0 Å². The summed E-state index contributed by atoms with van der Waals surface area (Å²) >= 11 is 0. The molecule has 1 aromatic carbocycles. The molecule has 1 heterocycles. The summed E-state index contributed by atoms with van der Waals surface area (Å²) in [4.78, 5) is 29.7. The van der Waals surface area contributed by atoms with Gasteiger partial charge in [0.05, 0.1) is 18.0 Å². The number of aliphatic hydroxyl groups excluding tert-OH is 2. The maximum Gasteiger partial charge on any atom is 0.337 e. The van der Waals surface area contributed by atoms with Gasteiger partial charge in [-0.15, -0.1) is 0 Å². The second-order valence-corrected chi connectivity index (χ2v) is 4.34. The molecule has 106 valence electrons. The molecule has 0 bridgehead atoms. The molecule has 0 fully saturated rings. The van der Waals surface area contributed by atoms with E-state index in [2.05, 4.69) is 14.7 Å². The molecular formula is C13H14N2O5. The minimum absolute atomic E-state index is 0.228. The van der Waals surface area contributed by atoms with Crippen LogP contribution in [0, 0.1) is 6.92 Å². The van der Waals surface area contributed by atoms with Crippen LogP contribution in [0.3, 0.4) is 0 Å². The Bertz CT molecular complexity index is 709. The molecule has 0 spiro atoms. The second-order valence-electron chi connectivity index (χ2n) is 4.34. The van der Waals surface area contributed by atoms with Crippen LogP contribution >= 0.6 is 0 Å². The number of carbonyl (C=O) groups excluding carboxylic acids is 1. The molecule has 0 saturated heterocycles. The van der Waals surface area contributed by atoms with Crippen molar-refractivity contribution in [2.24, 2.45) is 0 Å². The first-order valence-electron chi connectivity index (χ1n) is 5.88. The number of ether oxygens (including phenoxy) is 1. The number of H-pyrrole nitrogens is 1. The van der Waals surface area contributed by atoms with Crippen molar-refractivity contribution in [3.8, 4) is 0 Å². The fraction of sp³-hybridized carbons (Fsp3) is 0.308. The van der Waals surface area contributed by atoms with Gasteiger partial charge in [-0.05, 0) is 24.6 Å². The predicted molar refractivity (Wildman–Crippen MR) is 70.1 cm³/mol. The topological polar surface area (TPSA) is 113 Å². The third kappa shape index (κ3) is 2.54. The fourth-order valence-corrected chi connectivity index (χ4v) is 1.89. The molecule has 2 aromatic rings. The molecular weight excluding hydrogens is 264 g/mol. The second kappa shape index (κ2) is 5.40. The zero-order chi connectivity index (χ0) is 14.9. The SMILES string of the molecule is COC(=O)C(O)C(O)c1ccc2nc(C)[nH]c(=O)c2c1. The standard InChI is InChI=1S/C13H14N2O5/c1-6-14-9-4-3-7(5-8(9)12(18)15-6)10(16)11(17)13(19)20-2/h3-5,10-11,16-17H,1-2H3,(H,14,15,18). The summed E-state index contributed by atoms with van der Waals surface area (Å²) in [6.45, 7) is 1.66. The number of aromatic nitrogens is 2. The summed E-state index contributed by atoms with van der Waals surface area (Å²) in [5.41, 5.74) is 0.343. The Morgan fingerprint density at radius 2 is 2.10 bits per heavy atom. The third-order valence-corrected chi connectivity index (χ3v) is 2.93. The van der Waals surface area contributed by atoms with Crippen LogP contribution in [0.2, 0.25) is 0 Å². The van der Waals surface area contributed by atoms with Gasteiger partial charge >= 0.3 is 5.97 Å². The van der Waals surface area contributed by atoms with Gasteiger partial charge in [0.1, 0.15) is 11.9 Å². The normalized spacial score (nSPS) is 14.0. The van der Waals surface area contributed by atoms with Gasteiger partial charge in [0.15, 0.2) is 6.10 Å². The number of esters is 1. The summed E-state index contributed by atoms with van der Waals surface area (Å²) in [5.74, 6) is -0.473. The Morgan fingerprint density at radius 1 is 1.40 bits per heavy atom. The molecule has 0 saturated carbocycles. The van der Waals surface area contributed by atoms with Crippen LogP contribution < -0.4 is 5.56 Å². The summed E-state index contributed by atoms with van der Waals surface area (Å²) in [7, 11) is 1.11. The molecule has 0 radical (unpaired) electrons. The first-order chi connectivity index (χ1) is 9.43. The Labute approximate surface area is 113 Å². The van der Waals surface area contributed by atoms with E-state index in [9.17, 15) is 19.8 Å². The molecule has 2 atom stereocenters. The van der Waals surface area contributed by atoms with Crippen LogP contribution in [0.4, 0.5) is 0 Å². The third-order valence-electron chi connectivity index (χ3n) is 2.93. The lowest BCUT2D eigenvalue weighted by molar-refractivity contribution is -0.156.